The van der Waals surface area contributed by atoms with E-state index in [-0.39, 0.29) is 6.04 Å². The lowest BCUT2D eigenvalue weighted by Gasteiger charge is -2.09. The van der Waals surface area contributed by atoms with Gasteiger partial charge in [-0.2, -0.15) is 0 Å². The van der Waals surface area contributed by atoms with Crippen LogP contribution < -0.4 is 11.1 Å². The van der Waals surface area contributed by atoms with Crippen LogP contribution in [0.3, 0.4) is 0 Å². The Morgan fingerprint density at radius 3 is 2.62 bits per heavy atom. The van der Waals surface area contributed by atoms with Crippen molar-refractivity contribution in [1.29, 1.82) is 0 Å². The third kappa shape index (κ3) is 4.06. The molecule has 13 heavy (non-hydrogen) atoms. The van der Waals surface area contributed by atoms with Gasteiger partial charge in [-0.1, -0.05) is 37.3 Å². The summed E-state index contributed by atoms with van der Waals surface area (Å²) in [5.41, 5.74) is 7.09. The summed E-state index contributed by atoms with van der Waals surface area (Å²) in [6.07, 6.45) is 1.03. The molecule has 0 aromatic heterocycles. The van der Waals surface area contributed by atoms with Crippen LogP contribution in [0.4, 0.5) is 0 Å². The van der Waals surface area contributed by atoms with E-state index in [1.807, 2.05) is 6.07 Å². The molecular weight excluding hydrogens is 160 g/mol. The highest BCUT2D eigenvalue weighted by Gasteiger charge is 1.97. The molecular formula is C11H18N2. The Morgan fingerprint density at radius 1 is 1.31 bits per heavy atom. The summed E-state index contributed by atoms with van der Waals surface area (Å²) in [4.78, 5) is 0. The van der Waals surface area contributed by atoms with E-state index in [9.17, 15) is 0 Å². The molecule has 0 unspecified atom stereocenters. The monoisotopic (exact) mass is 178 g/mol. The predicted molar refractivity (Wildman–Crippen MR) is 56.4 cm³/mol. The van der Waals surface area contributed by atoms with Crippen molar-refractivity contribution < 1.29 is 0 Å². The normalized spacial score (nSPS) is 12.8. The second-order valence-electron chi connectivity index (χ2n) is 3.28. The minimum Gasteiger partial charge on any atom is -0.327 e. The summed E-state index contributed by atoms with van der Waals surface area (Å²) in [5, 5.41) is 3.33. The lowest BCUT2D eigenvalue weighted by atomic mass is 10.2. The van der Waals surface area contributed by atoms with Crippen LogP contribution in [0.25, 0.3) is 0 Å². The van der Waals surface area contributed by atoms with Crippen LogP contribution in [0.2, 0.25) is 0 Å². The summed E-state index contributed by atoms with van der Waals surface area (Å²) in [6, 6.07) is 10.6. The minimum atomic E-state index is 0.281. The first-order chi connectivity index (χ1) is 6.33. The van der Waals surface area contributed by atoms with Gasteiger partial charge in [-0.3, -0.25) is 0 Å². The smallest absolute Gasteiger partial charge is 0.0206 e. The largest absolute Gasteiger partial charge is 0.327 e. The number of nitrogens with two attached hydrogens (primary N) is 1. The Kier molecular flexibility index (Phi) is 4.50. The van der Waals surface area contributed by atoms with Crippen LogP contribution in [0.1, 0.15) is 18.9 Å². The van der Waals surface area contributed by atoms with E-state index in [0.717, 1.165) is 19.5 Å². The first-order valence-electron chi connectivity index (χ1n) is 4.83. The maximum atomic E-state index is 5.77. The Balaban J connectivity index is 2.20. The molecule has 3 N–H and O–H groups in total. The number of hydrogen-bond acceptors (Lipinski definition) is 2. The van der Waals surface area contributed by atoms with E-state index in [0.29, 0.717) is 0 Å². The van der Waals surface area contributed by atoms with Crippen molar-refractivity contribution in [3.05, 3.63) is 35.9 Å². The van der Waals surface area contributed by atoms with Crippen LogP contribution in [-0.2, 0) is 6.54 Å². The second kappa shape index (κ2) is 5.73. The molecule has 0 aliphatic rings. The molecule has 0 spiro atoms. The number of benzene rings is 1. The second-order valence-corrected chi connectivity index (χ2v) is 3.28. The SMILES string of the molecule is CC[C@@H](N)CNCc1ccccc1. The van der Waals surface area contributed by atoms with E-state index in [1.165, 1.54) is 5.56 Å². The van der Waals surface area contributed by atoms with E-state index in [2.05, 4.69) is 36.5 Å². The molecule has 1 atom stereocenters. The fourth-order valence-corrected chi connectivity index (χ4v) is 1.14. The molecule has 0 bridgehead atoms. The molecule has 72 valence electrons. The van der Waals surface area contributed by atoms with Crippen molar-refractivity contribution >= 4 is 0 Å². The molecule has 0 aliphatic carbocycles. The number of hydrogen-bond donors (Lipinski definition) is 2. The molecule has 0 fully saturated rings. The average Bonchev–Trinajstić information content (AvgIpc) is 2.19. The highest BCUT2D eigenvalue weighted by atomic mass is 14.9. The van der Waals surface area contributed by atoms with Gasteiger partial charge in [0.05, 0.1) is 0 Å². The zero-order valence-corrected chi connectivity index (χ0v) is 8.16. The Morgan fingerprint density at radius 2 is 2.00 bits per heavy atom. The van der Waals surface area contributed by atoms with Crippen molar-refractivity contribution in [3.8, 4) is 0 Å². The topological polar surface area (TPSA) is 38.0 Å². The zero-order chi connectivity index (χ0) is 9.52. The molecule has 1 rings (SSSR count). The Labute approximate surface area is 80.1 Å². The average molecular weight is 178 g/mol. The summed E-state index contributed by atoms with van der Waals surface area (Å²) in [6.45, 7) is 3.91. The van der Waals surface area contributed by atoms with Gasteiger partial charge in [-0.15, -0.1) is 0 Å². The van der Waals surface area contributed by atoms with Gasteiger partial charge in [0.15, 0.2) is 0 Å². The van der Waals surface area contributed by atoms with Crippen LogP contribution in [-0.4, -0.2) is 12.6 Å². The van der Waals surface area contributed by atoms with Gasteiger partial charge in [0, 0.05) is 19.1 Å². The fraction of sp³-hybridized carbons (Fsp3) is 0.455. The number of rotatable bonds is 5. The molecule has 1 aromatic rings. The third-order valence-corrected chi connectivity index (χ3v) is 2.10. The van der Waals surface area contributed by atoms with Crippen LogP contribution in [0.15, 0.2) is 30.3 Å². The van der Waals surface area contributed by atoms with Crippen molar-refractivity contribution in [2.75, 3.05) is 6.54 Å². The minimum absolute atomic E-state index is 0.281. The molecule has 2 heteroatoms. The fourth-order valence-electron chi connectivity index (χ4n) is 1.14. The van der Waals surface area contributed by atoms with Gasteiger partial charge >= 0.3 is 0 Å². The quantitative estimate of drug-likeness (QED) is 0.717. The molecule has 0 heterocycles. The number of nitrogens with one attached hydrogen (secondary N) is 1. The van der Waals surface area contributed by atoms with Gasteiger partial charge in [0.1, 0.15) is 0 Å². The van der Waals surface area contributed by atoms with Gasteiger partial charge in [0.25, 0.3) is 0 Å². The van der Waals surface area contributed by atoms with Gasteiger partial charge in [-0.05, 0) is 12.0 Å². The van der Waals surface area contributed by atoms with Gasteiger partial charge in [-0.25, -0.2) is 0 Å². The van der Waals surface area contributed by atoms with Crippen LogP contribution in [0.5, 0.6) is 0 Å². The molecule has 1 aromatic carbocycles. The van der Waals surface area contributed by atoms with Crippen LogP contribution in [0, 0.1) is 0 Å². The molecule has 0 saturated carbocycles. The standard InChI is InChI=1S/C11H18N2/c1-2-11(12)9-13-8-10-6-4-3-5-7-10/h3-7,11,13H,2,8-9,12H2,1H3/t11-/m1/s1. The lowest BCUT2D eigenvalue weighted by Crippen LogP contribution is -2.32. The first kappa shape index (κ1) is 10.2. The molecule has 0 radical (unpaired) electrons. The molecule has 0 saturated heterocycles. The maximum absolute atomic E-state index is 5.77. The zero-order valence-electron chi connectivity index (χ0n) is 8.16. The highest BCUT2D eigenvalue weighted by molar-refractivity contribution is 5.14. The Hall–Kier alpha value is -0.860. The summed E-state index contributed by atoms with van der Waals surface area (Å²) >= 11 is 0. The third-order valence-electron chi connectivity index (χ3n) is 2.10. The van der Waals surface area contributed by atoms with Gasteiger partial charge < -0.3 is 11.1 Å². The highest BCUT2D eigenvalue weighted by Crippen LogP contribution is 1.97. The van der Waals surface area contributed by atoms with E-state index < -0.39 is 0 Å². The van der Waals surface area contributed by atoms with Crippen molar-refractivity contribution in [1.82, 2.24) is 5.32 Å². The summed E-state index contributed by atoms with van der Waals surface area (Å²) in [5.74, 6) is 0. The van der Waals surface area contributed by atoms with Crippen molar-refractivity contribution in [2.24, 2.45) is 5.73 Å². The van der Waals surface area contributed by atoms with Gasteiger partial charge in [0.2, 0.25) is 0 Å². The summed E-state index contributed by atoms with van der Waals surface area (Å²) in [7, 11) is 0. The maximum Gasteiger partial charge on any atom is 0.0206 e. The lowest BCUT2D eigenvalue weighted by molar-refractivity contribution is 0.563. The summed E-state index contributed by atoms with van der Waals surface area (Å²) < 4.78 is 0. The molecule has 0 amide bonds. The Bertz CT molecular complexity index is 221. The van der Waals surface area contributed by atoms with Crippen molar-refractivity contribution in [3.63, 3.8) is 0 Å². The molecule has 2 nitrogen and oxygen atoms in total. The van der Waals surface area contributed by atoms with E-state index in [4.69, 9.17) is 5.73 Å². The van der Waals surface area contributed by atoms with Crippen molar-refractivity contribution in [2.45, 2.75) is 25.9 Å². The predicted octanol–water partition coefficient (Wildman–Crippen LogP) is 1.51. The van der Waals surface area contributed by atoms with E-state index in [1.54, 1.807) is 0 Å². The first-order valence-corrected chi connectivity index (χ1v) is 4.83. The van der Waals surface area contributed by atoms with E-state index >= 15 is 0 Å². The molecule has 0 aliphatic heterocycles. The van der Waals surface area contributed by atoms with Crippen LogP contribution >= 0.6 is 0 Å².